The van der Waals surface area contributed by atoms with Gasteiger partial charge in [0.2, 0.25) is 0 Å². The van der Waals surface area contributed by atoms with E-state index < -0.39 is 11.1 Å². The smallest absolute Gasteiger partial charge is 0.187 e. The molecule has 1 aliphatic carbocycles. The van der Waals surface area contributed by atoms with Crippen LogP contribution in [0.1, 0.15) is 31.0 Å². The van der Waals surface area contributed by atoms with Crippen molar-refractivity contribution < 1.29 is 8.76 Å². The van der Waals surface area contributed by atoms with E-state index in [1.54, 1.807) is 0 Å². The van der Waals surface area contributed by atoms with Crippen LogP contribution in [0, 0.1) is 11.3 Å². The highest BCUT2D eigenvalue weighted by Crippen LogP contribution is 2.37. The van der Waals surface area contributed by atoms with Gasteiger partial charge in [0.25, 0.3) is 0 Å². The summed E-state index contributed by atoms with van der Waals surface area (Å²) in [6.45, 7) is 2.93. The van der Waals surface area contributed by atoms with Gasteiger partial charge in [-0.25, -0.2) is 4.21 Å². The Hall–Kier alpha value is -2.82. The summed E-state index contributed by atoms with van der Waals surface area (Å²) in [5.74, 6) is 0.123. The fraction of sp³-hybridized carbons (Fsp3) is 0.286. The molecular weight excluding hydrogens is 372 g/mol. The molecule has 0 aliphatic heterocycles. The lowest BCUT2D eigenvalue weighted by molar-refractivity contribution is 0.563. The number of anilines is 1. The number of fused-ring (bicyclic) bond motifs is 1. The molecule has 1 fully saturated rings. The summed E-state index contributed by atoms with van der Waals surface area (Å²) in [5.41, 5.74) is 4.81. The van der Waals surface area contributed by atoms with E-state index in [4.69, 9.17) is 4.55 Å². The minimum Gasteiger partial charge on any atom is -0.366 e. The van der Waals surface area contributed by atoms with Gasteiger partial charge in [0, 0.05) is 18.0 Å². The van der Waals surface area contributed by atoms with Crippen molar-refractivity contribution in [3.63, 3.8) is 0 Å². The molecule has 1 unspecified atom stereocenters. The molecule has 1 N–H and O–H groups in total. The lowest BCUT2D eigenvalue weighted by atomic mass is 10.0. The average molecular weight is 392 g/mol. The minimum absolute atomic E-state index is 0.123. The monoisotopic (exact) mass is 392 g/mol. The van der Waals surface area contributed by atoms with Gasteiger partial charge in [-0.2, -0.15) is 5.26 Å². The third-order valence-electron chi connectivity index (χ3n) is 5.03. The van der Waals surface area contributed by atoms with E-state index in [1.807, 2.05) is 42.5 Å². The third-order valence-corrected chi connectivity index (χ3v) is 5.61. The molecule has 3 aromatic rings. The first-order valence-electron chi connectivity index (χ1n) is 9.24. The number of rotatable bonds is 6. The van der Waals surface area contributed by atoms with Crippen LogP contribution >= 0.6 is 0 Å². The zero-order valence-corrected chi connectivity index (χ0v) is 16.3. The lowest BCUT2D eigenvalue weighted by Crippen LogP contribution is -2.26. The van der Waals surface area contributed by atoms with Crippen LogP contribution in [0.3, 0.4) is 0 Å². The second kappa shape index (κ2) is 7.66. The largest absolute Gasteiger partial charge is 0.366 e. The maximum Gasteiger partial charge on any atom is 0.187 e. The van der Waals surface area contributed by atoms with E-state index in [9.17, 15) is 9.47 Å². The molecule has 2 aromatic carbocycles. The normalized spacial score (nSPS) is 14.6. The fourth-order valence-electron chi connectivity index (χ4n) is 3.56. The molecule has 28 heavy (non-hydrogen) atoms. The molecule has 1 aromatic heterocycles. The summed E-state index contributed by atoms with van der Waals surface area (Å²) in [6.07, 6.45) is 2.29. The first-order valence-corrected chi connectivity index (χ1v) is 10.5. The fourth-order valence-corrected chi connectivity index (χ4v) is 4.04. The van der Waals surface area contributed by atoms with Crippen LogP contribution < -0.4 is 4.90 Å². The van der Waals surface area contributed by atoms with Gasteiger partial charge >= 0.3 is 0 Å². The van der Waals surface area contributed by atoms with Gasteiger partial charge in [-0.15, -0.1) is 10.2 Å². The first kappa shape index (κ1) is 18.5. The molecule has 0 amide bonds. The molecule has 0 spiro atoms. The molecule has 142 valence electrons. The second-order valence-corrected chi connectivity index (χ2v) is 7.85. The predicted molar refractivity (Wildman–Crippen MR) is 110 cm³/mol. The lowest BCUT2D eigenvalue weighted by Gasteiger charge is -2.24. The number of nitrogens with zero attached hydrogens (tertiary/aromatic N) is 4. The van der Waals surface area contributed by atoms with Gasteiger partial charge in [-0.3, -0.25) is 0 Å². The number of nitriles is 1. The van der Waals surface area contributed by atoms with Gasteiger partial charge in [-0.05, 0) is 48.6 Å². The highest BCUT2D eigenvalue weighted by molar-refractivity contribution is 7.78. The van der Waals surface area contributed by atoms with Crippen molar-refractivity contribution in [2.45, 2.75) is 31.6 Å². The van der Waals surface area contributed by atoms with E-state index >= 15 is 0 Å². The summed E-state index contributed by atoms with van der Waals surface area (Å²) in [7, 11) is 0. The van der Waals surface area contributed by atoms with Crippen molar-refractivity contribution in [2.24, 2.45) is 0 Å². The molecule has 1 aliphatic rings. The molecule has 0 saturated heterocycles. The van der Waals surface area contributed by atoms with Gasteiger partial charge < -0.3 is 9.45 Å². The summed E-state index contributed by atoms with van der Waals surface area (Å²) in [5, 5.41) is 18.9. The molecule has 1 saturated carbocycles. The number of hydrogen-bond donors (Lipinski definition) is 1. The Kier molecular flexibility index (Phi) is 5.07. The molecule has 0 bridgehead atoms. The zero-order chi connectivity index (χ0) is 19.7. The number of aromatic nitrogens is 2. The van der Waals surface area contributed by atoms with E-state index in [0.29, 0.717) is 11.7 Å². The third kappa shape index (κ3) is 3.61. The summed E-state index contributed by atoms with van der Waals surface area (Å²) >= 11 is -1.85. The molecule has 4 rings (SSSR count). The predicted octanol–water partition coefficient (Wildman–Crippen LogP) is 3.88. The van der Waals surface area contributed by atoms with Crippen LogP contribution in [0.15, 0.2) is 42.5 Å². The van der Waals surface area contributed by atoms with Gasteiger partial charge in [0.05, 0.1) is 17.0 Å². The molecular formula is C21H20N4O2S. The highest BCUT2D eigenvalue weighted by Gasteiger charge is 2.31. The van der Waals surface area contributed by atoms with Crippen LogP contribution in [0.25, 0.3) is 22.0 Å². The van der Waals surface area contributed by atoms with Crippen LogP contribution in [0.2, 0.25) is 0 Å². The van der Waals surface area contributed by atoms with Crippen molar-refractivity contribution in [1.82, 2.24) is 10.2 Å². The van der Waals surface area contributed by atoms with Gasteiger partial charge in [0.1, 0.15) is 6.07 Å². The Bertz CT molecular complexity index is 1090. The molecule has 6 nitrogen and oxygen atoms in total. The van der Waals surface area contributed by atoms with Crippen molar-refractivity contribution >= 4 is 27.7 Å². The van der Waals surface area contributed by atoms with E-state index in [-0.39, 0.29) is 5.75 Å². The van der Waals surface area contributed by atoms with Gasteiger partial charge in [-0.1, -0.05) is 30.3 Å². The molecule has 1 atom stereocenters. The van der Waals surface area contributed by atoms with E-state index in [0.717, 1.165) is 52.7 Å². The summed E-state index contributed by atoms with van der Waals surface area (Å²) in [4.78, 5) is 2.26. The van der Waals surface area contributed by atoms with Crippen LogP contribution in [-0.4, -0.2) is 31.5 Å². The molecule has 1 heterocycles. The Balaban J connectivity index is 1.76. The van der Waals surface area contributed by atoms with Crippen molar-refractivity contribution in [3.05, 3.63) is 53.7 Å². The minimum atomic E-state index is -1.85. The average Bonchev–Trinajstić information content (AvgIpc) is 3.53. The second-order valence-electron chi connectivity index (χ2n) is 6.92. The number of benzene rings is 2. The Morgan fingerprint density at radius 1 is 1.18 bits per heavy atom. The van der Waals surface area contributed by atoms with E-state index in [2.05, 4.69) is 28.1 Å². The standard InChI is InChI=1S/C21H20N4O2S/c1-2-25(17-8-9-17)21-18-10-7-16(11-19(18)23-24-20(21)12-22)15-5-3-14(4-6-15)13-28(26)27/h3-7,10-11,17H,2,8-9,13H2,1H3,(H,26,27). The summed E-state index contributed by atoms with van der Waals surface area (Å²) < 4.78 is 20.0. The quantitative estimate of drug-likeness (QED) is 0.640. The van der Waals surface area contributed by atoms with Crippen molar-refractivity contribution in [3.8, 4) is 17.2 Å². The highest BCUT2D eigenvalue weighted by atomic mass is 32.2. The molecule has 0 radical (unpaired) electrons. The van der Waals surface area contributed by atoms with Gasteiger partial charge in [0.15, 0.2) is 16.8 Å². The van der Waals surface area contributed by atoms with Crippen molar-refractivity contribution in [1.29, 1.82) is 5.26 Å². The number of hydrogen-bond acceptors (Lipinski definition) is 5. The topological polar surface area (TPSA) is 90.1 Å². The Morgan fingerprint density at radius 3 is 2.50 bits per heavy atom. The Morgan fingerprint density at radius 2 is 1.89 bits per heavy atom. The Labute approximate surface area is 166 Å². The van der Waals surface area contributed by atoms with Crippen LogP contribution in [0.5, 0.6) is 0 Å². The van der Waals surface area contributed by atoms with Crippen molar-refractivity contribution in [2.75, 3.05) is 11.4 Å². The van der Waals surface area contributed by atoms with E-state index in [1.165, 1.54) is 0 Å². The van der Waals surface area contributed by atoms with Crippen LogP contribution in [-0.2, 0) is 16.8 Å². The SMILES string of the molecule is CCN(c1c(C#N)nnc2cc(-c3ccc(CS(=O)O)cc3)ccc12)C1CC1. The zero-order valence-electron chi connectivity index (χ0n) is 15.5. The maximum absolute atomic E-state index is 11.0. The first-order chi connectivity index (χ1) is 13.6. The summed E-state index contributed by atoms with van der Waals surface area (Å²) in [6, 6.07) is 16.3. The maximum atomic E-state index is 11.0. The molecule has 7 heteroatoms. The van der Waals surface area contributed by atoms with Crippen LogP contribution in [0.4, 0.5) is 5.69 Å².